The van der Waals surface area contributed by atoms with E-state index in [1.54, 1.807) is 0 Å². The average molecular weight is 163 g/mol. The fourth-order valence-corrected chi connectivity index (χ4v) is 1.52. The largest absolute Gasteiger partial charge is 0.300 e. The van der Waals surface area contributed by atoms with Gasteiger partial charge in [-0.05, 0) is 19.3 Å². The van der Waals surface area contributed by atoms with Crippen LogP contribution in [-0.4, -0.2) is 12.6 Å². The fraction of sp³-hybridized carbons (Fsp3) is 0.636. The van der Waals surface area contributed by atoms with Crippen LogP contribution in [-0.2, 0) is 0 Å². The zero-order valence-corrected chi connectivity index (χ0v) is 7.55. The molecule has 0 aromatic heterocycles. The molecule has 0 radical (unpaired) electrons. The van der Waals surface area contributed by atoms with Crippen molar-refractivity contribution in [1.29, 1.82) is 0 Å². The van der Waals surface area contributed by atoms with Crippen LogP contribution >= 0.6 is 0 Å². The van der Waals surface area contributed by atoms with E-state index in [1.807, 2.05) is 0 Å². The van der Waals surface area contributed by atoms with Crippen molar-refractivity contribution in [3.63, 3.8) is 0 Å². The van der Waals surface area contributed by atoms with Gasteiger partial charge in [0, 0.05) is 6.04 Å². The van der Waals surface area contributed by atoms with E-state index in [2.05, 4.69) is 23.4 Å². The molecule has 1 aliphatic carbocycles. The van der Waals surface area contributed by atoms with Crippen LogP contribution < -0.4 is 5.32 Å². The van der Waals surface area contributed by atoms with Crippen LogP contribution in [0.3, 0.4) is 0 Å². The summed E-state index contributed by atoms with van der Waals surface area (Å²) < 4.78 is 0. The van der Waals surface area contributed by atoms with Gasteiger partial charge < -0.3 is 0 Å². The summed E-state index contributed by atoms with van der Waals surface area (Å²) >= 11 is 0. The van der Waals surface area contributed by atoms with Gasteiger partial charge in [-0.25, -0.2) is 0 Å². The van der Waals surface area contributed by atoms with Gasteiger partial charge in [-0.15, -0.1) is 6.42 Å². The third kappa shape index (κ3) is 3.59. The maximum Gasteiger partial charge on any atom is 0.0578 e. The maximum atomic E-state index is 5.18. The van der Waals surface area contributed by atoms with Crippen LogP contribution in [0.1, 0.15) is 32.1 Å². The summed E-state index contributed by atoms with van der Waals surface area (Å²) in [5.41, 5.74) is 0. The molecule has 0 bridgehead atoms. The maximum absolute atomic E-state index is 5.18. The first kappa shape index (κ1) is 9.35. The zero-order chi connectivity index (χ0) is 8.65. The lowest BCUT2D eigenvalue weighted by Gasteiger charge is -2.14. The molecule has 0 aromatic carbocycles. The van der Waals surface area contributed by atoms with E-state index in [-0.39, 0.29) is 0 Å². The van der Waals surface area contributed by atoms with Crippen LogP contribution in [0.15, 0.2) is 12.2 Å². The van der Waals surface area contributed by atoms with E-state index in [1.165, 1.54) is 32.1 Å². The van der Waals surface area contributed by atoms with Crippen molar-refractivity contribution in [2.75, 3.05) is 6.54 Å². The standard InChI is InChI=1S/C11H17N/c1-2-10-12-11-8-6-4-3-5-7-9-11/h1,6,8,11-12H,3-5,7,9-10H2/b8-6-. The van der Waals surface area contributed by atoms with Gasteiger partial charge >= 0.3 is 0 Å². The van der Waals surface area contributed by atoms with Gasteiger partial charge in [-0.1, -0.05) is 30.9 Å². The third-order valence-electron chi connectivity index (χ3n) is 2.22. The molecule has 0 spiro atoms. The van der Waals surface area contributed by atoms with Crippen molar-refractivity contribution in [3.8, 4) is 12.3 Å². The Balaban J connectivity index is 2.29. The van der Waals surface area contributed by atoms with Gasteiger partial charge in [0.15, 0.2) is 0 Å². The Morgan fingerprint density at radius 3 is 3.17 bits per heavy atom. The molecule has 0 saturated carbocycles. The number of rotatable bonds is 2. The highest BCUT2D eigenvalue weighted by Crippen LogP contribution is 2.11. The first-order valence-electron chi connectivity index (χ1n) is 4.77. The van der Waals surface area contributed by atoms with Crippen LogP contribution in [0.4, 0.5) is 0 Å². The topological polar surface area (TPSA) is 12.0 Å². The molecule has 0 saturated heterocycles. The highest BCUT2D eigenvalue weighted by Gasteiger charge is 2.04. The van der Waals surface area contributed by atoms with Gasteiger partial charge in [0.25, 0.3) is 0 Å². The van der Waals surface area contributed by atoms with Crippen molar-refractivity contribution >= 4 is 0 Å². The number of allylic oxidation sites excluding steroid dienone is 1. The molecule has 1 nitrogen and oxygen atoms in total. The van der Waals surface area contributed by atoms with Crippen molar-refractivity contribution in [1.82, 2.24) is 5.32 Å². The summed E-state index contributed by atoms with van der Waals surface area (Å²) in [5, 5.41) is 3.32. The predicted molar refractivity (Wildman–Crippen MR) is 52.8 cm³/mol. The summed E-state index contributed by atoms with van der Waals surface area (Å²) in [7, 11) is 0. The van der Waals surface area contributed by atoms with Gasteiger partial charge in [0.1, 0.15) is 0 Å². The van der Waals surface area contributed by atoms with Crippen LogP contribution in [0.2, 0.25) is 0 Å². The first-order chi connectivity index (χ1) is 5.93. The van der Waals surface area contributed by atoms with E-state index in [0.29, 0.717) is 12.6 Å². The van der Waals surface area contributed by atoms with E-state index < -0.39 is 0 Å². The summed E-state index contributed by atoms with van der Waals surface area (Å²) in [6, 6.07) is 0.515. The number of hydrogen-bond acceptors (Lipinski definition) is 1. The summed E-state index contributed by atoms with van der Waals surface area (Å²) in [5.74, 6) is 2.61. The lowest BCUT2D eigenvalue weighted by Crippen LogP contribution is -2.27. The second kappa shape index (κ2) is 5.85. The molecule has 1 atom stereocenters. The van der Waals surface area contributed by atoms with Crippen molar-refractivity contribution in [2.45, 2.75) is 38.1 Å². The molecular weight excluding hydrogens is 146 g/mol. The zero-order valence-electron chi connectivity index (χ0n) is 7.55. The minimum Gasteiger partial charge on any atom is -0.300 e. The van der Waals surface area contributed by atoms with Crippen molar-refractivity contribution < 1.29 is 0 Å². The quantitative estimate of drug-likeness (QED) is 0.485. The molecule has 66 valence electrons. The Bertz CT molecular complexity index is 176. The molecule has 1 heteroatoms. The molecule has 12 heavy (non-hydrogen) atoms. The average Bonchev–Trinajstić information content (AvgIpc) is 2.02. The number of hydrogen-bond donors (Lipinski definition) is 1. The Hall–Kier alpha value is -0.740. The highest BCUT2D eigenvalue weighted by molar-refractivity contribution is 4.97. The van der Waals surface area contributed by atoms with Crippen LogP contribution in [0.5, 0.6) is 0 Å². The van der Waals surface area contributed by atoms with Crippen molar-refractivity contribution in [2.24, 2.45) is 0 Å². The first-order valence-corrected chi connectivity index (χ1v) is 4.77. The molecular formula is C11H17N. The lowest BCUT2D eigenvalue weighted by atomic mass is 10.0. The second-order valence-electron chi connectivity index (χ2n) is 3.26. The van der Waals surface area contributed by atoms with E-state index >= 15 is 0 Å². The minimum absolute atomic E-state index is 0.515. The lowest BCUT2D eigenvalue weighted by molar-refractivity contribution is 0.531. The van der Waals surface area contributed by atoms with Crippen LogP contribution in [0.25, 0.3) is 0 Å². The molecule has 1 unspecified atom stereocenters. The monoisotopic (exact) mass is 163 g/mol. The van der Waals surface area contributed by atoms with Gasteiger partial charge in [-0.2, -0.15) is 0 Å². The Morgan fingerprint density at radius 1 is 1.42 bits per heavy atom. The van der Waals surface area contributed by atoms with Crippen LogP contribution in [0, 0.1) is 12.3 Å². The summed E-state index contributed by atoms with van der Waals surface area (Å²) in [4.78, 5) is 0. The van der Waals surface area contributed by atoms with Gasteiger partial charge in [0.05, 0.1) is 6.54 Å². The predicted octanol–water partition coefficient (Wildman–Crippen LogP) is 2.10. The molecule has 0 aromatic rings. The highest BCUT2D eigenvalue weighted by atomic mass is 14.9. The second-order valence-corrected chi connectivity index (χ2v) is 3.26. The van der Waals surface area contributed by atoms with Gasteiger partial charge in [-0.3, -0.25) is 5.32 Å². The molecule has 0 amide bonds. The molecule has 1 N–H and O–H groups in total. The SMILES string of the molecule is C#CCNC1/C=C\CCCCC1. The fourth-order valence-electron chi connectivity index (χ4n) is 1.52. The molecule has 1 rings (SSSR count). The molecule has 0 aliphatic heterocycles. The number of nitrogens with one attached hydrogen (secondary N) is 1. The Labute approximate surface area is 75.2 Å². The number of terminal acetylenes is 1. The molecule has 0 fully saturated rings. The van der Waals surface area contributed by atoms with E-state index in [4.69, 9.17) is 6.42 Å². The van der Waals surface area contributed by atoms with E-state index in [0.717, 1.165) is 0 Å². The smallest absolute Gasteiger partial charge is 0.0578 e. The minimum atomic E-state index is 0.515. The van der Waals surface area contributed by atoms with Gasteiger partial charge in [0.2, 0.25) is 0 Å². The summed E-state index contributed by atoms with van der Waals surface area (Å²) in [6.45, 7) is 0.689. The third-order valence-corrected chi connectivity index (χ3v) is 2.22. The summed E-state index contributed by atoms with van der Waals surface area (Å²) in [6.07, 6.45) is 16.2. The normalized spacial score (nSPS) is 26.8. The molecule has 0 heterocycles. The molecule has 1 aliphatic rings. The van der Waals surface area contributed by atoms with E-state index in [9.17, 15) is 0 Å². The Kier molecular flexibility index (Phi) is 4.56. The Morgan fingerprint density at radius 2 is 2.33 bits per heavy atom. The van der Waals surface area contributed by atoms with Crippen molar-refractivity contribution in [3.05, 3.63) is 12.2 Å².